The minimum absolute atomic E-state index is 0.00195. The number of allylic oxidation sites excluding steroid dienone is 1. The molecule has 3 rings (SSSR count). The fraction of sp³-hybridized carbons (Fsp3) is 0.200. The van der Waals surface area contributed by atoms with Crippen LogP contribution in [0.5, 0.6) is 17.2 Å². The molecule has 1 aromatic heterocycles. The van der Waals surface area contributed by atoms with E-state index >= 15 is 0 Å². The van der Waals surface area contributed by atoms with Crippen molar-refractivity contribution in [2.75, 3.05) is 13.7 Å². The second kappa shape index (κ2) is 11.2. The quantitative estimate of drug-likeness (QED) is 0.229. The summed E-state index contributed by atoms with van der Waals surface area (Å²) in [6.07, 6.45) is 0.0722. The molecule has 178 valence electrons. The van der Waals surface area contributed by atoms with Crippen LogP contribution in [0, 0.1) is 6.92 Å². The van der Waals surface area contributed by atoms with Gasteiger partial charge in [0.1, 0.15) is 12.4 Å². The van der Waals surface area contributed by atoms with Gasteiger partial charge in [0.2, 0.25) is 0 Å². The van der Waals surface area contributed by atoms with Crippen LogP contribution < -0.4 is 14.2 Å². The largest absolute Gasteiger partial charge is 0.493 e. The third kappa shape index (κ3) is 7.08. The number of benzene rings is 2. The summed E-state index contributed by atoms with van der Waals surface area (Å²) in [6, 6.07) is 13.6. The first-order chi connectivity index (χ1) is 16.2. The van der Waals surface area contributed by atoms with Gasteiger partial charge in [0.05, 0.1) is 12.8 Å². The van der Waals surface area contributed by atoms with Crippen LogP contribution in [0.3, 0.4) is 0 Å². The van der Waals surface area contributed by atoms with Crippen LogP contribution >= 0.6 is 15.9 Å². The zero-order valence-corrected chi connectivity index (χ0v) is 19.9. The number of carbonyl (C=O) groups excluding carboxylic acids is 1. The molecule has 0 atom stereocenters. The predicted octanol–water partition coefficient (Wildman–Crippen LogP) is 6.58. The van der Waals surface area contributed by atoms with Crippen LogP contribution in [0.4, 0.5) is 13.2 Å². The highest BCUT2D eigenvalue weighted by Gasteiger charge is 2.28. The highest BCUT2D eigenvalue weighted by atomic mass is 79.9. The maximum absolute atomic E-state index is 12.5. The van der Waals surface area contributed by atoms with Crippen LogP contribution in [-0.2, 0) is 6.61 Å². The molecule has 0 bridgehead atoms. The second-order valence-corrected chi connectivity index (χ2v) is 8.11. The summed E-state index contributed by atoms with van der Waals surface area (Å²) >= 11 is 3.35. The number of pyridine rings is 1. The Bertz CT molecular complexity index is 1200. The van der Waals surface area contributed by atoms with E-state index in [0.29, 0.717) is 28.3 Å². The van der Waals surface area contributed by atoms with Gasteiger partial charge in [-0.15, -0.1) is 0 Å². The molecule has 0 unspecified atom stereocenters. The lowest BCUT2D eigenvalue weighted by Crippen LogP contribution is -2.20. The van der Waals surface area contributed by atoms with E-state index in [1.54, 1.807) is 49.4 Å². The molecule has 3 aromatic rings. The van der Waals surface area contributed by atoms with E-state index in [2.05, 4.69) is 20.9 Å². The minimum atomic E-state index is -4.43. The van der Waals surface area contributed by atoms with Crippen molar-refractivity contribution in [2.45, 2.75) is 19.7 Å². The summed E-state index contributed by atoms with van der Waals surface area (Å²) in [5.41, 5.74) is 2.17. The molecule has 0 aliphatic carbocycles. The van der Waals surface area contributed by atoms with Crippen LogP contribution in [-0.4, -0.2) is 30.7 Å². The van der Waals surface area contributed by atoms with E-state index in [1.165, 1.54) is 25.4 Å². The number of ketones is 1. The van der Waals surface area contributed by atoms with Crippen LogP contribution in [0.2, 0.25) is 0 Å². The van der Waals surface area contributed by atoms with Gasteiger partial charge in [-0.25, -0.2) is 0 Å². The van der Waals surface area contributed by atoms with Gasteiger partial charge in [0.15, 0.2) is 23.9 Å². The van der Waals surface area contributed by atoms with Crippen molar-refractivity contribution in [1.29, 1.82) is 0 Å². The molecule has 0 saturated heterocycles. The number of aromatic nitrogens is 1. The Morgan fingerprint density at radius 1 is 1.06 bits per heavy atom. The molecule has 1 heterocycles. The number of nitrogens with zero attached hydrogens (tertiary/aromatic N) is 1. The summed E-state index contributed by atoms with van der Waals surface area (Å²) in [6.45, 7) is 0.234. The molecule has 9 heteroatoms. The zero-order valence-electron chi connectivity index (χ0n) is 18.4. The molecule has 34 heavy (non-hydrogen) atoms. The molecular weight excluding hydrogens is 515 g/mol. The van der Waals surface area contributed by atoms with Crippen molar-refractivity contribution in [3.05, 3.63) is 87.7 Å². The molecule has 0 aliphatic rings. The van der Waals surface area contributed by atoms with Crippen molar-refractivity contribution < 1.29 is 32.2 Å². The molecule has 0 fully saturated rings. The SMILES string of the molecule is COc1cc(/C=C/C(=O)c2cccc(Br)c2)ccc1OCc1nccc(OCC(F)(F)F)c1C. The van der Waals surface area contributed by atoms with E-state index in [1.807, 2.05) is 6.07 Å². The number of ether oxygens (including phenoxy) is 3. The molecule has 0 saturated carbocycles. The van der Waals surface area contributed by atoms with Crippen molar-refractivity contribution in [2.24, 2.45) is 0 Å². The van der Waals surface area contributed by atoms with Crippen LogP contribution in [0.1, 0.15) is 27.2 Å². The van der Waals surface area contributed by atoms with Gasteiger partial charge in [-0.3, -0.25) is 9.78 Å². The van der Waals surface area contributed by atoms with Crippen molar-refractivity contribution in [3.63, 3.8) is 0 Å². The Balaban J connectivity index is 1.69. The Hall–Kier alpha value is -3.33. The Morgan fingerprint density at radius 3 is 2.56 bits per heavy atom. The maximum atomic E-state index is 12.5. The summed E-state index contributed by atoms with van der Waals surface area (Å²) in [4.78, 5) is 16.5. The van der Waals surface area contributed by atoms with Gasteiger partial charge in [-0.05, 0) is 48.9 Å². The third-order valence-electron chi connectivity index (χ3n) is 4.74. The number of rotatable bonds is 9. The van der Waals surface area contributed by atoms with E-state index in [9.17, 15) is 18.0 Å². The number of carbonyl (C=O) groups is 1. The normalized spacial score (nSPS) is 11.5. The van der Waals surface area contributed by atoms with Gasteiger partial charge in [0, 0.05) is 21.8 Å². The highest BCUT2D eigenvalue weighted by molar-refractivity contribution is 9.10. The first-order valence-corrected chi connectivity index (χ1v) is 10.9. The monoisotopic (exact) mass is 535 g/mol. The van der Waals surface area contributed by atoms with Gasteiger partial charge in [-0.1, -0.05) is 40.2 Å². The molecule has 0 N–H and O–H groups in total. The molecule has 0 aliphatic heterocycles. The lowest BCUT2D eigenvalue weighted by molar-refractivity contribution is -0.153. The molecular formula is C25H21BrF3NO4. The van der Waals surface area contributed by atoms with Gasteiger partial charge >= 0.3 is 6.18 Å². The van der Waals surface area contributed by atoms with Crippen molar-refractivity contribution >= 4 is 27.8 Å². The molecule has 0 spiro atoms. The number of halogens is 4. The van der Waals surface area contributed by atoms with E-state index < -0.39 is 12.8 Å². The van der Waals surface area contributed by atoms with Gasteiger partial charge in [0.25, 0.3) is 0 Å². The smallest absolute Gasteiger partial charge is 0.422 e. The van der Waals surface area contributed by atoms with E-state index in [-0.39, 0.29) is 18.1 Å². The lowest BCUT2D eigenvalue weighted by Gasteiger charge is -2.15. The minimum Gasteiger partial charge on any atom is -0.493 e. The summed E-state index contributed by atoms with van der Waals surface area (Å²) in [7, 11) is 1.48. The maximum Gasteiger partial charge on any atom is 0.422 e. The third-order valence-corrected chi connectivity index (χ3v) is 5.23. The van der Waals surface area contributed by atoms with E-state index in [0.717, 1.165) is 10.0 Å². The van der Waals surface area contributed by atoms with Crippen LogP contribution in [0.25, 0.3) is 6.08 Å². The molecule has 2 aromatic carbocycles. The first kappa shape index (κ1) is 25.3. The predicted molar refractivity (Wildman–Crippen MR) is 125 cm³/mol. The van der Waals surface area contributed by atoms with Gasteiger partial charge < -0.3 is 14.2 Å². The Morgan fingerprint density at radius 2 is 1.85 bits per heavy atom. The van der Waals surface area contributed by atoms with Gasteiger partial charge in [-0.2, -0.15) is 13.2 Å². The van der Waals surface area contributed by atoms with Crippen LogP contribution in [0.15, 0.2) is 65.3 Å². The fourth-order valence-corrected chi connectivity index (χ4v) is 3.38. The summed E-state index contributed by atoms with van der Waals surface area (Å²) < 4.78 is 54.2. The van der Waals surface area contributed by atoms with Crippen molar-refractivity contribution in [1.82, 2.24) is 4.98 Å². The Labute approximate surface area is 203 Å². The molecule has 0 amide bonds. The molecule has 5 nitrogen and oxygen atoms in total. The molecule has 0 radical (unpaired) electrons. The second-order valence-electron chi connectivity index (χ2n) is 7.19. The van der Waals surface area contributed by atoms with E-state index in [4.69, 9.17) is 14.2 Å². The first-order valence-electron chi connectivity index (χ1n) is 10.1. The average molecular weight is 536 g/mol. The number of methoxy groups -OCH3 is 1. The fourth-order valence-electron chi connectivity index (χ4n) is 2.98. The standard InChI is InChI=1S/C25H21BrF3NO4/c1-16-20(30-11-10-22(16)34-15-25(27,28)29)14-33-23-9-7-17(12-24(23)32-2)6-8-21(31)18-4-3-5-19(26)13-18/h3-13H,14-15H2,1-2H3/b8-6+. The van der Waals surface area contributed by atoms with Crippen molar-refractivity contribution in [3.8, 4) is 17.2 Å². The summed E-state index contributed by atoms with van der Waals surface area (Å²) in [5.74, 6) is 0.795. The Kier molecular flexibility index (Phi) is 8.33. The number of alkyl halides is 3. The number of hydrogen-bond acceptors (Lipinski definition) is 5. The zero-order chi connectivity index (χ0) is 24.7. The topological polar surface area (TPSA) is 57.7 Å². The highest BCUT2D eigenvalue weighted by Crippen LogP contribution is 2.30. The average Bonchev–Trinajstić information content (AvgIpc) is 2.80. The lowest BCUT2D eigenvalue weighted by atomic mass is 10.1. The number of hydrogen-bond donors (Lipinski definition) is 0. The summed E-state index contributed by atoms with van der Waals surface area (Å²) in [5, 5.41) is 0.